The lowest BCUT2D eigenvalue weighted by molar-refractivity contribution is 0.0659. The lowest BCUT2D eigenvalue weighted by atomic mass is 9.51. The van der Waals surface area contributed by atoms with Crippen molar-refractivity contribution in [1.82, 2.24) is 9.55 Å². The summed E-state index contributed by atoms with van der Waals surface area (Å²) in [5, 5.41) is 0. The molecule has 0 amide bonds. The minimum atomic E-state index is -0.141. The van der Waals surface area contributed by atoms with Crippen molar-refractivity contribution >= 4 is 16.7 Å². The summed E-state index contributed by atoms with van der Waals surface area (Å²) in [7, 11) is 2.21. The molecular formula is C25H31N3. The Morgan fingerprint density at radius 1 is 1.00 bits per heavy atom. The van der Waals surface area contributed by atoms with Gasteiger partial charge < -0.3 is 9.47 Å². The number of hydrogen-bond donors (Lipinski definition) is 0. The van der Waals surface area contributed by atoms with E-state index in [1.54, 1.807) is 0 Å². The van der Waals surface area contributed by atoms with E-state index < -0.39 is 0 Å². The summed E-state index contributed by atoms with van der Waals surface area (Å²) in [5.41, 5.74) is 9.38. The first-order valence-electron chi connectivity index (χ1n) is 10.4. The number of nitrogens with zero attached hydrogens (tertiary/aromatic N) is 3. The zero-order valence-electron chi connectivity index (χ0n) is 18.4. The SMILES string of the molecule is Cc1cccc2c1N1[C@@H](C)c3c(c4ncccc4n3C)C1(C)C(C)(C)C2(C)C. The third-order valence-electron chi connectivity index (χ3n) is 8.69. The second kappa shape index (κ2) is 5.00. The Bertz CT molecular complexity index is 1130. The van der Waals surface area contributed by atoms with Crippen molar-refractivity contribution in [2.75, 3.05) is 4.90 Å². The van der Waals surface area contributed by atoms with Crippen molar-refractivity contribution in [2.45, 2.75) is 65.5 Å². The Hall–Kier alpha value is -2.29. The molecule has 1 aromatic carbocycles. The van der Waals surface area contributed by atoms with Crippen molar-refractivity contribution < 1.29 is 0 Å². The summed E-state index contributed by atoms with van der Waals surface area (Å²) in [6, 6.07) is 11.4. The Morgan fingerprint density at radius 2 is 1.71 bits per heavy atom. The number of para-hydroxylation sites is 1. The van der Waals surface area contributed by atoms with Crippen LogP contribution in [0.1, 0.15) is 70.0 Å². The van der Waals surface area contributed by atoms with Crippen LogP contribution in [-0.4, -0.2) is 9.55 Å². The van der Waals surface area contributed by atoms with Crippen LogP contribution < -0.4 is 4.90 Å². The molecule has 1 unspecified atom stereocenters. The van der Waals surface area contributed by atoms with Gasteiger partial charge in [-0.3, -0.25) is 4.98 Å². The highest BCUT2D eigenvalue weighted by Gasteiger charge is 2.65. The number of rotatable bonds is 0. The van der Waals surface area contributed by atoms with Gasteiger partial charge in [0.25, 0.3) is 0 Å². The number of pyridine rings is 1. The monoisotopic (exact) mass is 373 g/mol. The summed E-state index contributed by atoms with van der Waals surface area (Å²) in [6.45, 7) is 16.8. The maximum atomic E-state index is 4.89. The van der Waals surface area contributed by atoms with Gasteiger partial charge in [-0.1, -0.05) is 45.9 Å². The van der Waals surface area contributed by atoms with Gasteiger partial charge in [-0.25, -0.2) is 0 Å². The van der Waals surface area contributed by atoms with Gasteiger partial charge in [0.15, 0.2) is 0 Å². The van der Waals surface area contributed by atoms with E-state index in [2.05, 4.69) is 95.3 Å². The van der Waals surface area contributed by atoms with Gasteiger partial charge in [-0.2, -0.15) is 0 Å². The second-order valence-electron chi connectivity index (χ2n) is 10.0. The third-order valence-corrected chi connectivity index (χ3v) is 8.69. The molecule has 146 valence electrons. The summed E-state index contributed by atoms with van der Waals surface area (Å²) >= 11 is 0. The van der Waals surface area contributed by atoms with Gasteiger partial charge in [-0.05, 0) is 49.4 Å². The minimum absolute atomic E-state index is 0.00606. The fourth-order valence-corrected chi connectivity index (χ4v) is 6.34. The highest BCUT2D eigenvalue weighted by Crippen LogP contribution is 2.68. The smallest absolute Gasteiger partial charge is 0.0940 e. The molecule has 4 heterocycles. The number of fused-ring (bicyclic) bond motifs is 7. The largest absolute Gasteiger partial charge is 0.353 e. The maximum Gasteiger partial charge on any atom is 0.0940 e. The Morgan fingerprint density at radius 3 is 2.43 bits per heavy atom. The summed E-state index contributed by atoms with van der Waals surface area (Å²) < 4.78 is 2.38. The quantitative estimate of drug-likeness (QED) is 0.482. The standard InChI is InChI=1S/C25H31N3/c1-15-11-9-12-17-21(15)28-16(2)22-19(20-18(27(22)8)13-10-14-26-20)25(28,7)24(5,6)23(17,3)4/h9-14,16H,1-8H3/t16-,25?/m0/s1. The fourth-order valence-electron chi connectivity index (χ4n) is 6.34. The van der Waals surface area contributed by atoms with Crippen molar-refractivity contribution in [3.8, 4) is 0 Å². The Kier molecular flexibility index (Phi) is 3.18. The average Bonchev–Trinajstić information content (AvgIpc) is 3.07. The first kappa shape index (κ1) is 17.8. The molecule has 3 heteroatoms. The van der Waals surface area contributed by atoms with E-state index in [0.29, 0.717) is 6.04 Å². The third kappa shape index (κ3) is 1.63. The molecule has 28 heavy (non-hydrogen) atoms. The number of anilines is 1. The number of aryl methyl sites for hydroxylation is 2. The molecule has 3 nitrogen and oxygen atoms in total. The van der Waals surface area contributed by atoms with Gasteiger partial charge in [0.2, 0.25) is 0 Å². The van der Waals surface area contributed by atoms with Crippen molar-refractivity contribution in [3.63, 3.8) is 0 Å². The van der Waals surface area contributed by atoms with Gasteiger partial charge in [0.1, 0.15) is 0 Å². The van der Waals surface area contributed by atoms with Crippen LogP contribution >= 0.6 is 0 Å². The van der Waals surface area contributed by atoms with Crippen LogP contribution in [-0.2, 0) is 18.0 Å². The molecule has 3 aromatic rings. The molecule has 2 aliphatic rings. The van der Waals surface area contributed by atoms with E-state index in [1.807, 2.05) is 6.20 Å². The average molecular weight is 374 g/mol. The number of benzene rings is 1. The first-order chi connectivity index (χ1) is 13.1. The topological polar surface area (TPSA) is 21.1 Å². The lowest BCUT2D eigenvalue weighted by Gasteiger charge is -2.62. The Labute approximate surface area is 168 Å². The molecule has 2 aromatic heterocycles. The first-order valence-corrected chi connectivity index (χ1v) is 10.4. The van der Waals surface area contributed by atoms with E-state index in [0.717, 1.165) is 5.52 Å². The molecule has 0 radical (unpaired) electrons. The fraction of sp³-hybridized carbons (Fsp3) is 0.480. The van der Waals surface area contributed by atoms with Gasteiger partial charge in [-0.15, -0.1) is 0 Å². The molecule has 5 rings (SSSR count). The predicted octanol–water partition coefficient (Wildman–Crippen LogP) is 6.00. The van der Waals surface area contributed by atoms with E-state index >= 15 is 0 Å². The van der Waals surface area contributed by atoms with Crippen LogP contribution in [0.25, 0.3) is 11.0 Å². The molecule has 0 saturated heterocycles. The molecule has 0 saturated carbocycles. The predicted molar refractivity (Wildman–Crippen MR) is 117 cm³/mol. The molecule has 0 spiro atoms. The van der Waals surface area contributed by atoms with Crippen LogP contribution in [0.3, 0.4) is 0 Å². The highest BCUT2D eigenvalue weighted by atomic mass is 15.3. The molecule has 0 fully saturated rings. The lowest BCUT2D eigenvalue weighted by Crippen LogP contribution is -2.62. The summed E-state index contributed by atoms with van der Waals surface area (Å²) in [5.74, 6) is 0. The minimum Gasteiger partial charge on any atom is -0.353 e. The van der Waals surface area contributed by atoms with Crippen molar-refractivity contribution in [1.29, 1.82) is 0 Å². The molecule has 0 bridgehead atoms. The van der Waals surface area contributed by atoms with Crippen LogP contribution in [0.15, 0.2) is 36.5 Å². The molecule has 0 N–H and O–H groups in total. The number of hydrogen-bond acceptors (Lipinski definition) is 2. The van der Waals surface area contributed by atoms with Gasteiger partial charge in [0.05, 0.1) is 22.6 Å². The van der Waals surface area contributed by atoms with Crippen molar-refractivity contribution in [3.05, 3.63) is 58.9 Å². The van der Waals surface area contributed by atoms with Gasteiger partial charge >= 0.3 is 0 Å². The maximum absolute atomic E-state index is 4.89. The summed E-state index contributed by atoms with van der Waals surface area (Å²) in [6.07, 6.45) is 1.94. The van der Waals surface area contributed by atoms with E-state index in [9.17, 15) is 0 Å². The van der Waals surface area contributed by atoms with E-state index in [1.165, 1.54) is 33.6 Å². The second-order valence-corrected chi connectivity index (χ2v) is 10.0. The van der Waals surface area contributed by atoms with Crippen LogP contribution in [0.2, 0.25) is 0 Å². The van der Waals surface area contributed by atoms with Crippen molar-refractivity contribution in [2.24, 2.45) is 12.5 Å². The molecule has 0 aliphatic carbocycles. The molecule has 2 aliphatic heterocycles. The Balaban J connectivity index is 1.98. The van der Waals surface area contributed by atoms with Crippen LogP contribution in [0, 0.1) is 12.3 Å². The van der Waals surface area contributed by atoms with E-state index in [4.69, 9.17) is 4.98 Å². The van der Waals surface area contributed by atoms with Gasteiger partial charge in [0, 0.05) is 35.6 Å². The molecule has 2 atom stereocenters. The summed E-state index contributed by atoms with van der Waals surface area (Å²) in [4.78, 5) is 7.60. The zero-order chi connectivity index (χ0) is 20.2. The highest BCUT2D eigenvalue weighted by molar-refractivity contribution is 5.87. The normalized spacial score (nSPS) is 26.9. The molecular weight excluding hydrogens is 342 g/mol. The van der Waals surface area contributed by atoms with E-state index in [-0.39, 0.29) is 16.4 Å². The number of aromatic nitrogens is 2. The van der Waals surface area contributed by atoms with Crippen LogP contribution in [0.4, 0.5) is 5.69 Å². The zero-order valence-corrected chi connectivity index (χ0v) is 18.4. The van der Waals surface area contributed by atoms with Crippen LogP contribution in [0.5, 0.6) is 0 Å².